The van der Waals surface area contributed by atoms with E-state index in [-0.39, 0.29) is 11.6 Å². The van der Waals surface area contributed by atoms with Gasteiger partial charge in [-0.05, 0) is 38.5 Å². The fourth-order valence-corrected chi connectivity index (χ4v) is 2.94. The molecule has 0 aromatic heterocycles. The van der Waals surface area contributed by atoms with Crippen LogP contribution >= 0.6 is 0 Å². The van der Waals surface area contributed by atoms with Crippen LogP contribution in [0.5, 0.6) is 0 Å². The molecule has 1 heterocycles. The van der Waals surface area contributed by atoms with Crippen LogP contribution in [0, 0.1) is 0 Å². The molecule has 98 valence electrons. The summed E-state index contributed by atoms with van der Waals surface area (Å²) in [6.45, 7) is 2.80. The van der Waals surface area contributed by atoms with Crippen LogP contribution in [-0.4, -0.2) is 35.4 Å². The van der Waals surface area contributed by atoms with Crippen LogP contribution in [0.1, 0.15) is 51.9 Å². The van der Waals surface area contributed by atoms with Crippen LogP contribution in [-0.2, 0) is 9.53 Å². The molecule has 2 rings (SSSR count). The summed E-state index contributed by atoms with van der Waals surface area (Å²) in [7, 11) is 0. The van der Waals surface area contributed by atoms with Crippen LogP contribution in [0.15, 0.2) is 0 Å². The van der Waals surface area contributed by atoms with E-state index >= 15 is 0 Å². The van der Waals surface area contributed by atoms with Gasteiger partial charge in [0.15, 0.2) is 0 Å². The first-order valence-electron chi connectivity index (χ1n) is 6.78. The van der Waals surface area contributed by atoms with E-state index in [2.05, 4.69) is 5.32 Å². The lowest BCUT2D eigenvalue weighted by molar-refractivity contribution is -0.145. The lowest BCUT2D eigenvalue weighted by Gasteiger charge is -2.47. The molecule has 4 heteroatoms. The molecular formula is C13H23NO3. The summed E-state index contributed by atoms with van der Waals surface area (Å²) in [6, 6.07) is -0.0723. The normalized spacial score (nSPS) is 28.6. The molecule has 0 aromatic rings. The quantitative estimate of drug-likeness (QED) is 0.772. The van der Waals surface area contributed by atoms with Gasteiger partial charge in [-0.1, -0.05) is 13.3 Å². The van der Waals surface area contributed by atoms with Gasteiger partial charge in [0, 0.05) is 12.6 Å². The van der Waals surface area contributed by atoms with Gasteiger partial charge in [-0.15, -0.1) is 0 Å². The van der Waals surface area contributed by atoms with Crippen molar-refractivity contribution in [1.29, 1.82) is 0 Å². The molecule has 1 saturated carbocycles. The summed E-state index contributed by atoms with van der Waals surface area (Å²) in [5.74, 6) is -0.721. The van der Waals surface area contributed by atoms with Crippen LogP contribution < -0.4 is 5.32 Å². The molecule has 0 radical (unpaired) electrons. The predicted octanol–water partition coefficient (Wildman–Crippen LogP) is 1.93. The number of hydrogen-bond donors (Lipinski definition) is 2. The molecule has 17 heavy (non-hydrogen) atoms. The topological polar surface area (TPSA) is 58.6 Å². The Hall–Kier alpha value is -0.610. The monoisotopic (exact) mass is 241 g/mol. The van der Waals surface area contributed by atoms with Gasteiger partial charge in [-0.25, -0.2) is 0 Å². The van der Waals surface area contributed by atoms with E-state index in [1.807, 2.05) is 6.92 Å². The molecule has 2 atom stereocenters. The Kier molecular flexibility index (Phi) is 4.05. The van der Waals surface area contributed by atoms with Crippen molar-refractivity contribution < 1.29 is 14.6 Å². The van der Waals surface area contributed by atoms with Crippen LogP contribution in [0.3, 0.4) is 0 Å². The fraction of sp³-hybridized carbons (Fsp3) is 0.923. The highest BCUT2D eigenvalue weighted by molar-refractivity contribution is 5.73. The zero-order valence-corrected chi connectivity index (χ0v) is 10.6. The first-order valence-corrected chi connectivity index (χ1v) is 6.78. The Morgan fingerprint density at radius 2 is 2.35 bits per heavy atom. The molecule has 2 aliphatic rings. The van der Waals surface area contributed by atoms with E-state index in [1.54, 1.807) is 0 Å². The molecule has 1 aliphatic carbocycles. The smallest absolute Gasteiger partial charge is 0.320 e. The summed E-state index contributed by atoms with van der Waals surface area (Å²) in [5.41, 5.74) is 0.0885. The van der Waals surface area contributed by atoms with Crippen molar-refractivity contribution in [1.82, 2.24) is 5.32 Å². The SMILES string of the molecule is CCCC(NC1CCOC2(CCC2)C1)C(=O)O. The van der Waals surface area contributed by atoms with Gasteiger partial charge < -0.3 is 15.2 Å². The van der Waals surface area contributed by atoms with Gasteiger partial charge in [0.25, 0.3) is 0 Å². The van der Waals surface area contributed by atoms with Gasteiger partial charge in [0.05, 0.1) is 5.60 Å². The minimum Gasteiger partial charge on any atom is -0.480 e. The van der Waals surface area contributed by atoms with E-state index in [0.717, 1.165) is 38.7 Å². The van der Waals surface area contributed by atoms with Gasteiger partial charge in [-0.3, -0.25) is 4.79 Å². The van der Waals surface area contributed by atoms with Crippen LogP contribution in [0.25, 0.3) is 0 Å². The second-order valence-corrected chi connectivity index (χ2v) is 5.42. The number of carbonyl (C=O) groups is 1. The minimum absolute atomic E-state index is 0.0885. The van der Waals surface area contributed by atoms with Crippen molar-refractivity contribution in [3.05, 3.63) is 0 Å². The third-order valence-corrected chi connectivity index (χ3v) is 4.07. The fourth-order valence-electron chi connectivity index (χ4n) is 2.94. The second-order valence-electron chi connectivity index (χ2n) is 5.42. The number of carboxylic acids is 1. The highest BCUT2D eigenvalue weighted by Gasteiger charge is 2.43. The summed E-state index contributed by atoms with van der Waals surface area (Å²) in [4.78, 5) is 11.1. The maximum absolute atomic E-state index is 11.1. The van der Waals surface area contributed by atoms with Gasteiger partial charge >= 0.3 is 5.97 Å². The number of nitrogens with one attached hydrogen (secondary N) is 1. The predicted molar refractivity (Wildman–Crippen MR) is 65.0 cm³/mol. The van der Waals surface area contributed by atoms with Gasteiger partial charge in [0.2, 0.25) is 0 Å². The van der Waals surface area contributed by atoms with Crippen molar-refractivity contribution in [2.75, 3.05) is 6.61 Å². The largest absolute Gasteiger partial charge is 0.480 e. The number of carboxylic acid groups (broad SMARTS) is 1. The summed E-state index contributed by atoms with van der Waals surface area (Å²) in [6.07, 6.45) is 7.09. The van der Waals surface area contributed by atoms with E-state index in [1.165, 1.54) is 6.42 Å². The molecule has 2 N–H and O–H groups in total. The van der Waals surface area contributed by atoms with Crippen molar-refractivity contribution in [2.24, 2.45) is 0 Å². The summed E-state index contributed by atoms with van der Waals surface area (Å²) >= 11 is 0. The van der Waals surface area contributed by atoms with Gasteiger partial charge in [0.1, 0.15) is 6.04 Å². The standard InChI is InChI=1S/C13H23NO3/c1-2-4-11(12(15)16)14-10-5-8-17-13(9-10)6-3-7-13/h10-11,14H,2-9H2,1H3,(H,15,16). The lowest BCUT2D eigenvalue weighted by Crippen LogP contribution is -2.54. The molecule has 0 bridgehead atoms. The number of aliphatic carboxylic acids is 1. The highest BCUT2D eigenvalue weighted by atomic mass is 16.5. The van der Waals surface area contributed by atoms with E-state index in [9.17, 15) is 4.79 Å². The Morgan fingerprint density at radius 3 is 2.88 bits per heavy atom. The maximum Gasteiger partial charge on any atom is 0.320 e. The molecule has 2 unspecified atom stereocenters. The van der Waals surface area contributed by atoms with Crippen molar-refractivity contribution in [3.63, 3.8) is 0 Å². The molecule has 0 aromatic carbocycles. The lowest BCUT2D eigenvalue weighted by atomic mass is 9.74. The van der Waals surface area contributed by atoms with E-state index in [0.29, 0.717) is 12.5 Å². The third kappa shape index (κ3) is 2.99. The second kappa shape index (κ2) is 5.36. The van der Waals surface area contributed by atoms with Crippen molar-refractivity contribution >= 4 is 5.97 Å². The molecule has 1 spiro atoms. The van der Waals surface area contributed by atoms with Gasteiger partial charge in [-0.2, -0.15) is 0 Å². The molecule has 2 fully saturated rings. The summed E-state index contributed by atoms with van der Waals surface area (Å²) < 4.78 is 5.85. The van der Waals surface area contributed by atoms with Crippen LogP contribution in [0.4, 0.5) is 0 Å². The molecular weight excluding hydrogens is 218 g/mol. The van der Waals surface area contributed by atoms with Crippen molar-refractivity contribution in [3.8, 4) is 0 Å². The molecule has 1 saturated heterocycles. The Balaban J connectivity index is 1.86. The van der Waals surface area contributed by atoms with Crippen LogP contribution in [0.2, 0.25) is 0 Å². The first kappa shape index (κ1) is 12.8. The highest BCUT2D eigenvalue weighted by Crippen LogP contribution is 2.42. The molecule has 1 aliphatic heterocycles. The zero-order valence-electron chi connectivity index (χ0n) is 10.6. The molecule has 4 nitrogen and oxygen atoms in total. The molecule has 0 amide bonds. The average Bonchev–Trinajstić information content (AvgIpc) is 2.27. The minimum atomic E-state index is -0.721. The third-order valence-electron chi connectivity index (χ3n) is 4.07. The first-order chi connectivity index (χ1) is 8.15. The Bertz CT molecular complexity index is 276. The Labute approximate surface area is 103 Å². The number of rotatable bonds is 5. The maximum atomic E-state index is 11.1. The zero-order chi connectivity index (χ0) is 12.3. The number of hydrogen-bond acceptors (Lipinski definition) is 3. The van der Waals surface area contributed by atoms with E-state index < -0.39 is 5.97 Å². The van der Waals surface area contributed by atoms with Crippen molar-refractivity contribution in [2.45, 2.75) is 69.6 Å². The van der Waals surface area contributed by atoms with E-state index in [4.69, 9.17) is 9.84 Å². The number of ether oxygens (including phenoxy) is 1. The average molecular weight is 241 g/mol. The summed E-state index contributed by atoms with van der Waals surface area (Å²) in [5, 5.41) is 12.4. The Morgan fingerprint density at radius 1 is 1.59 bits per heavy atom.